The van der Waals surface area contributed by atoms with Gasteiger partial charge in [-0.1, -0.05) is 31.5 Å². The summed E-state index contributed by atoms with van der Waals surface area (Å²) in [6.07, 6.45) is 8.21. The molecule has 2 aliphatic rings. The summed E-state index contributed by atoms with van der Waals surface area (Å²) in [6.45, 7) is 6.76. The van der Waals surface area contributed by atoms with E-state index < -0.39 is 0 Å². The van der Waals surface area contributed by atoms with Gasteiger partial charge < -0.3 is 15.1 Å². The maximum atomic E-state index is 5.67. The van der Waals surface area contributed by atoms with Crippen molar-refractivity contribution in [2.75, 3.05) is 25.5 Å². The highest BCUT2D eigenvalue weighted by atomic mass is 32.1. The Balaban J connectivity index is 1.51. The minimum absolute atomic E-state index is 0.795. The number of anilines is 1. The summed E-state index contributed by atoms with van der Waals surface area (Å²) in [4.78, 5) is 4.14. The molecular weight excluding hydrogens is 326 g/mol. The van der Waals surface area contributed by atoms with Crippen LogP contribution in [0.5, 0.6) is 0 Å². The van der Waals surface area contributed by atoms with Crippen LogP contribution in [0.4, 0.5) is 5.69 Å². The molecule has 1 aliphatic carbocycles. The lowest BCUT2D eigenvalue weighted by atomic mass is 9.84. The standard InChI is InChI=1S/C21H33N3S/c1-16-8-4-6-10-19(16)22-21(25)24-14-12-18(13-15-24)23(3)20-11-7-5-9-17(20)2/h4,6,8,10,17-18,20H,5,7,9,11-15H2,1-3H3,(H,22,25)/p+1. The van der Waals surface area contributed by atoms with E-state index in [-0.39, 0.29) is 0 Å². The molecule has 1 heterocycles. The van der Waals surface area contributed by atoms with E-state index in [1.165, 1.54) is 44.1 Å². The molecule has 1 aromatic rings. The molecule has 3 nitrogen and oxygen atoms in total. The normalized spacial score (nSPS) is 26.3. The quantitative estimate of drug-likeness (QED) is 0.808. The lowest BCUT2D eigenvalue weighted by Gasteiger charge is -2.41. The van der Waals surface area contributed by atoms with Crippen molar-refractivity contribution >= 4 is 23.0 Å². The Kier molecular flexibility index (Phi) is 6.34. The average Bonchev–Trinajstić information content (AvgIpc) is 2.63. The highest BCUT2D eigenvalue weighted by molar-refractivity contribution is 7.80. The van der Waals surface area contributed by atoms with Crippen molar-refractivity contribution in [3.05, 3.63) is 29.8 Å². The summed E-state index contributed by atoms with van der Waals surface area (Å²) in [6, 6.07) is 10.0. The third-order valence-corrected chi connectivity index (χ3v) is 6.87. The summed E-state index contributed by atoms with van der Waals surface area (Å²) < 4.78 is 0. The van der Waals surface area contributed by atoms with Gasteiger partial charge in [0.15, 0.2) is 5.11 Å². The molecule has 3 atom stereocenters. The van der Waals surface area contributed by atoms with Crippen LogP contribution in [0.15, 0.2) is 24.3 Å². The van der Waals surface area contributed by atoms with E-state index in [4.69, 9.17) is 12.2 Å². The van der Waals surface area contributed by atoms with E-state index in [2.05, 4.69) is 55.4 Å². The monoisotopic (exact) mass is 360 g/mol. The zero-order valence-electron chi connectivity index (χ0n) is 16.1. The molecular formula is C21H34N3S+. The zero-order chi connectivity index (χ0) is 17.8. The zero-order valence-corrected chi connectivity index (χ0v) is 16.9. The lowest BCUT2D eigenvalue weighted by Crippen LogP contribution is -3.17. The van der Waals surface area contributed by atoms with Gasteiger partial charge in [0.25, 0.3) is 0 Å². The Labute approximate surface area is 158 Å². The summed E-state index contributed by atoms with van der Waals surface area (Å²) in [5, 5.41) is 4.33. The number of nitrogens with zero attached hydrogens (tertiary/aromatic N) is 1. The number of piperidine rings is 1. The molecule has 2 N–H and O–H groups in total. The van der Waals surface area contributed by atoms with Gasteiger partial charge in [0.1, 0.15) is 0 Å². The first-order chi connectivity index (χ1) is 12.1. The highest BCUT2D eigenvalue weighted by Gasteiger charge is 2.34. The van der Waals surface area contributed by atoms with Crippen molar-refractivity contribution in [1.29, 1.82) is 0 Å². The summed E-state index contributed by atoms with van der Waals surface area (Å²) >= 11 is 5.67. The Morgan fingerprint density at radius 2 is 1.80 bits per heavy atom. The molecule has 2 fully saturated rings. The maximum absolute atomic E-state index is 5.67. The Morgan fingerprint density at radius 3 is 2.48 bits per heavy atom. The van der Waals surface area contributed by atoms with Crippen molar-refractivity contribution in [3.8, 4) is 0 Å². The van der Waals surface area contributed by atoms with Crippen LogP contribution in [-0.2, 0) is 0 Å². The van der Waals surface area contributed by atoms with Crippen LogP contribution in [0.2, 0.25) is 0 Å². The highest BCUT2D eigenvalue weighted by Crippen LogP contribution is 2.23. The minimum atomic E-state index is 0.795. The number of hydrogen-bond donors (Lipinski definition) is 2. The first kappa shape index (κ1) is 18.7. The molecule has 4 heteroatoms. The number of hydrogen-bond acceptors (Lipinski definition) is 1. The fourth-order valence-electron chi connectivity index (χ4n) is 4.74. The Bertz CT molecular complexity index is 580. The molecule has 0 aromatic heterocycles. The topological polar surface area (TPSA) is 19.7 Å². The van der Waals surface area contributed by atoms with E-state index in [0.717, 1.165) is 41.9 Å². The molecule has 0 bridgehead atoms. The van der Waals surface area contributed by atoms with Crippen LogP contribution in [0, 0.1) is 12.8 Å². The third-order valence-electron chi connectivity index (χ3n) is 6.51. The summed E-state index contributed by atoms with van der Waals surface area (Å²) in [5.41, 5.74) is 2.38. The fourth-order valence-corrected chi connectivity index (χ4v) is 5.03. The van der Waals surface area contributed by atoms with Crippen molar-refractivity contribution in [3.63, 3.8) is 0 Å². The second-order valence-electron chi connectivity index (χ2n) is 8.12. The van der Waals surface area contributed by atoms with E-state index in [0.29, 0.717) is 0 Å². The summed E-state index contributed by atoms with van der Waals surface area (Å²) in [5.74, 6) is 0.885. The van der Waals surface area contributed by atoms with Crippen molar-refractivity contribution in [1.82, 2.24) is 4.90 Å². The minimum Gasteiger partial charge on any atom is -0.349 e. The van der Waals surface area contributed by atoms with Gasteiger partial charge in [0, 0.05) is 37.5 Å². The Morgan fingerprint density at radius 1 is 1.12 bits per heavy atom. The fraction of sp³-hybridized carbons (Fsp3) is 0.667. The van der Waals surface area contributed by atoms with Crippen LogP contribution in [0.3, 0.4) is 0 Å². The first-order valence-corrected chi connectivity index (χ1v) is 10.4. The van der Waals surface area contributed by atoms with Crippen LogP contribution >= 0.6 is 12.2 Å². The number of likely N-dealkylation sites (tertiary alicyclic amines) is 1. The molecule has 1 saturated heterocycles. The molecule has 138 valence electrons. The number of rotatable bonds is 3. The molecule has 1 aliphatic heterocycles. The molecule has 3 unspecified atom stereocenters. The molecule has 1 saturated carbocycles. The van der Waals surface area contributed by atoms with Gasteiger partial charge in [-0.25, -0.2) is 0 Å². The van der Waals surface area contributed by atoms with E-state index in [1.54, 1.807) is 4.90 Å². The predicted molar refractivity (Wildman–Crippen MR) is 110 cm³/mol. The van der Waals surface area contributed by atoms with Gasteiger partial charge in [-0.05, 0) is 50.0 Å². The van der Waals surface area contributed by atoms with Gasteiger partial charge in [0.05, 0.1) is 19.1 Å². The maximum Gasteiger partial charge on any atom is 0.173 e. The van der Waals surface area contributed by atoms with E-state index in [9.17, 15) is 0 Å². The molecule has 0 amide bonds. The van der Waals surface area contributed by atoms with Gasteiger partial charge in [-0.2, -0.15) is 0 Å². The van der Waals surface area contributed by atoms with E-state index >= 15 is 0 Å². The lowest BCUT2D eigenvalue weighted by molar-refractivity contribution is -0.937. The van der Waals surface area contributed by atoms with Gasteiger partial charge in [-0.3, -0.25) is 0 Å². The Hall–Kier alpha value is -1.13. The molecule has 3 rings (SSSR count). The number of para-hydroxylation sites is 1. The number of nitrogens with one attached hydrogen (secondary N) is 2. The SMILES string of the molecule is Cc1ccccc1NC(=S)N1CCC([NH+](C)C2CCCCC2C)CC1. The molecule has 1 aromatic carbocycles. The van der Waals surface area contributed by atoms with Crippen molar-refractivity contribution in [2.45, 2.75) is 64.5 Å². The second-order valence-corrected chi connectivity index (χ2v) is 8.51. The van der Waals surface area contributed by atoms with Crippen LogP contribution in [0.25, 0.3) is 0 Å². The van der Waals surface area contributed by atoms with Crippen molar-refractivity contribution in [2.24, 2.45) is 5.92 Å². The van der Waals surface area contributed by atoms with Gasteiger partial charge in [0.2, 0.25) is 0 Å². The number of aryl methyl sites for hydroxylation is 1. The van der Waals surface area contributed by atoms with Gasteiger partial charge >= 0.3 is 0 Å². The van der Waals surface area contributed by atoms with E-state index in [1.807, 2.05) is 0 Å². The molecule has 0 spiro atoms. The largest absolute Gasteiger partial charge is 0.349 e. The number of quaternary nitrogens is 1. The van der Waals surface area contributed by atoms with Crippen LogP contribution in [0.1, 0.15) is 51.0 Å². The van der Waals surface area contributed by atoms with Gasteiger partial charge in [-0.15, -0.1) is 0 Å². The predicted octanol–water partition coefficient (Wildman–Crippen LogP) is 3.25. The smallest absolute Gasteiger partial charge is 0.173 e. The first-order valence-electron chi connectivity index (χ1n) is 10.0. The van der Waals surface area contributed by atoms with Crippen LogP contribution in [-0.4, -0.2) is 42.2 Å². The average molecular weight is 361 g/mol. The number of benzene rings is 1. The number of thiocarbonyl (C=S) groups is 1. The molecule has 25 heavy (non-hydrogen) atoms. The third kappa shape index (κ3) is 4.53. The molecule has 0 radical (unpaired) electrons. The summed E-state index contributed by atoms with van der Waals surface area (Å²) in [7, 11) is 2.44. The second kappa shape index (κ2) is 8.50. The van der Waals surface area contributed by atoms with Crippen molar-refractivity contribution < 1.29 is 4.90 Å². The van der Waals surface area contributed by atoms with Crippen LogP contribution < -0.4 is 10.2 Å².